The molecule has 5 heteroatoms. The average Bonchev–Trinajstić information content (AvgIpc) is 2.38. The van der Waals surface area contributed by atoms with E-state index in [9.17, 15) is 13.2 Å². The zero-order valence-electron chi connectivity index (χ0n) is 11.4. The van der Waals surface area contributed by atoms with Gasteiger partial charge < -0.3 is 4.18 Å². The lowest BCUT2D eigenvalue weighted by atomic mass is 10.1. The number of carbonyl (C=O) groups is 1. The molecule has 0 aliphatic rings. The quantitative estimate of drug-likeness (QED) is 0.459. The lowest BCUT2D eigenvalue weighted by molar-refractivity contribution is 0.101. The smallest absolute Gasteiger partial charge is 0.339 e. The summed E-state index contributed by atoms with van der Waals surface area (Å²) in [5.41, 5.74) is 0.491. The first kappa shape index (κ1) is 15.9. The maximum Gasteiger partial charge on any atom is 0.339 e. The van der Waals surface area contributed by atoms with Crippen molar-refractivity contribution >= 4 is 15.9 Å². The van der Waals surface area contributed by atoms with Crippen molar-refractivity contribution in [3.8, 4) is 5.75 Å². The number of carbonyl (C=O) groups excluding carboxylic acids is 1. The first-order valence-electron chi connectivity index (χ1n) is 5.91. The van der Waals surface area contributed by atoms with Gasteiger partial charge in [0.25, 0.3) is 0 Å². The van der Waals surface area contributed by atoms with Gasteiger partial charge in [0.15, 0.2) is 5.78 Å². The van der Waals surface area contributed by atoms with Gasteiger partial charge >= 0.3 is 10.1 Å². The molecule has 1 aromatic carbocycles. The van der Waals surface area contributed by atoms with Gasteiger partial charge in [0, 0.05) is 5.56 Å². The van der Waals surface area contributed by atoms with Crippen LogP contribution in [0.1, 0.15) is 24.2 Å². The Labute approximate surface area is 119 Å². The molecular formula is C15H16O4S. The molecule has 106 valence electrons. The molecular weight excluding hydrogens is 276 g/mol. The fourth-order valence-corrected chi connectivity index (χ4v) is 2.45. The van der Waals surface area contributed by atoms with Gasteiger partial charge in [-0.05, 0) is 50.3 Å². The molecule has 0 spiro atoms. The number of benzene rings is 1. The minimum absolute atomic E-state index is 0.00523. The molecule has 0 saturated carbocycles. The highest BCUT2D eigenvalue weighted by Crippen LogP contribution is 2.19. The maximum absolute atomic E-state index is 12.0. The molecule has 20 heavy (non-hydrogen) atoms. The van der Waals surface area contributed by atoms with E-state index in [1.54, 1.807) is 13.0 Å². The lowest BCUT2D eigenvalue weighted by Gasteiger charge is -2.07. The van der Waals surface area contributed by atoms with Gasteiger partial charge in [-0.1, -0.05) is 18.7 Å². The Bertz CT molecular complexity index is 650. The van der Waals surface area contributed by atoms with Crippen LogP contribution >= 0.6 is 0 Å². The van der Waals surface area contributed by atoms with Crippen LogP contribution in [0.15, 0.2) is 60.1 Å². The average molecular weight is 292 g/mol. The van der Waals surface area contributed by atoms with E-state index in [0.717, 1.165) is 0 Å². The van der Waals surface area contributed by atoms with Crippen LogP contribution in [0.25, 0.3) is 0 Å². The third-order valence-electron chi connectivity index (χ3n) is 2.37. The summed E-state index contributed by atoms with van der Waals surface area (Å²) < 4.78 is 29.1. The van der Waals surface area contributed by atoms with E-state index in [2.05, 4.69) is 6.58 Å². The number of rotatable bonds is 6. The molecule has 0 amide bonds. The van der Waals surface area contributed by atoms with Gasteiger partial charge in [-0.3, -0.25) is 4.79 Å². The molecule has 1 aromatic rings. The Morgan fingerprint density at radius 3 is 2.30 bits per heavy atom. The Kier molecular flexibility index (Phi) is 5.46. The van der Waals surface area contributed by atoms with Crippen LogP contribution in [0.3, 0.4) is 0 Å². The van der Waals surface area contributed by atoms with Gasteiger partial charge in [-0.25, -0.2) is 0 Å². The van der Waals surface area contributed by atoms with Crippen molar-refractivity contribution in [1.29, 1.82) is 0 Å². The van der Waals surface area contributed by atoms with Crippen LogP contribution in [0, 0.1) is 0 Å². The number of allylic oxidation sites excluding steroid dienone is 4. The second-order valence-corrected chi connectivity index (χ2v) is 5.47. The summed E-state index contributed by atoms with van der Waals surface area (Å²) >= 11 is 0. The molecule has 1 rings (SSSR count). The van der Waals surface area contributed by atoms with Crippen molar-refractivity contribution < 1.29 is 17.4 Å². The predicted octanol–water partition coefficient (Wildman–Crippen LogP) is 3.24. The summed E-state index contributed by atoms with van der Waals surface area (Å²) in [4.78, 5) is 11.1. The summed E-state index contributed by atoms with van der Waals surface area (Å²) in [5.74, 6) is 0.0510. The summed E-state index contributed by atoms with van der Waals surface area (Å²) in [6.07, 6.45) is 5.73. The Morgan fingerprint density at radius 1 is 1.25 bits per heavy atom. The monoisotopic (exact) mass is 292 g/mol. The Hall–Kier alpha value is -2.14. The van der Waals surface area contributed by atoms with E-state index >= 15 is 0 Å². The van der Waals surface area contributed by atoms with E-state index < -0.39 is 10.1 Å². The summed E-state index contributed by atoms with van der Waals surface area (Å²) in [7, 11) is -3.91. The maximum atomic E-state index is 12.0. The minimum atomic E-state index is -3.91. The summed E-state index contributed by atoms with van der Waals surface area (Å²) in [6.45, 7) is 6.60. The van der Waals surface area contributed by atoms with Crippen molar-refractivity contribution in [2.45, 2.75) is 13.8 Å². The highest BCUT2D eigenvalue weighted by molar-refractivity contribution is 7.91. The van der Waals surface area contributed by atoms with Gasteiger partial charge in [0.1, 0.15) is 10.7 Å². The zero-order chi connectivity index (χ0) is 15.2. The van der Waals surface area contributed by atoms with Crippen molar-refractivity contribution in [1.82, 2.24) is 0 Å². The van der Waals surface area contributed by atoms with Crippen molar-refractivity contribution in [3.63, 3.8) is 0 Å². The van der Waals surface area contributed by atoms with Crippen LogP contribution in [-0.2, 0) is 10.1 Å². The first-order chi connectivity index (χ1) is 9.40. The van der Waals surface area contributed by atoms with Crippen LogP contribution in [0.2, 0.25) is 0 Å². The largest absolute Gasteiger partial charge is 0.379 e. The SMILES string of the molecule is C=C/C=C(\C=C/C)S(=O)(=O)Oc1ccc(C(C)=O)cc1. The molecule has 4 nitrogen and oxygen atoms in total. The highest BCUT2D eigenvalue weighted by atomic mass is 32.2. The molecule has 0 aromatic heterocycles. The molecule has 0 radical (unpaired) electrons. The molecule has 0 fully saturated rings. The summed E-state index contributed by atoms with van der Waals surface area (Å²) in [6, 6.07) is 5.91. The van der Waals surface area contributed by atoms with E-state index in [0.29, 0.717) is 5.56 Å². The van der Waals surface area contributed by atoms with Crippen LogP contribution in [0.5, 0.6) is 5.75 Å². The number of ketones is 1. The molecule has 0 aliphatic heterocycles. The topological polar surface area (TPSA) is 60.4 Å². The van der Waals surface area contributed by atoms with Crippen molar-refractivity contribution in [3.05, 3.63) is 65.6 Å². The van der Waals surface area contributed by atoms with Crippen molar-refractivity contribution in [2.24, 2.45) is 0 Å². The van der Waals surface area contributed by atoms with Crippen LogP contribution in [0.4, 0.5) is 0 Å². The third kappa shape index (κ3) is 4.20. The lowest BCUT2D eigenvalue weighted by Crippen LogP contribution is -2.11. The van der Waals surface area contributed by atoms with Gasteiger partial charge in [-0.15, -0.1) is 0 Å². The van der Waals surface area contributed by atoms with Gasteiger partial charge in [-0.2, -0.15) is 8.42 Å². The molecule has 0 N–H and O–H groups in total. The Morgan fingerprint density at radius 2 is 1.85 bits per heavy atom. The minimum Gasteiger partial charge on any atom is -0.379 e. The van der Waals surface area contributed by atoms with Gasteiger partial charge in [0.05, 0.1) is 0 Å². The fraction of sp³-hybridized carbons (Fsp3) is 0.133. The Balaban J connectivity index is 3.04. The molecule has 0 atom stereocenters. The second kappa shape index (κ2) is 6.86. The standard InChI is InChI=1S/C15H16O4S/c1-4-6-15(7-5-2)20(17,18)19-14-10-8-13(9-11-14)12(3)16/h4-11H,1H2,2-3H3/b7-5-,15-6+. The second-order valence-electron chi connectivity index (χ2n) is 3.92. The normalized spacial score (nSPS) is 12.4. The molecule has 0 aliphatic carbocycles. The zero-order valence-corrected chi connectivity index (χ0v) is 12.2. The summed E-state index contributed by atoms with van der Waals surface area (Å²) in [5, 5.41) is 0. The van der Waals surface area contributed by atoms with E-state index in [4.69, 9.17) is 4.18 Å². The highest BCUT2D eigenvalue weighted by Gasteiger charge is 2.17. The number of hydrogen-bond acceptors (Lipinski definition) is 4. The number of Topliss-reactive ketones (excluding diaryl/α,β-unsaturated/α-hetero) is 1. The number of hydrogen-bond donors (Lipinski definition) is 0. The fourth-order valence-electron chi connectivity index (χ4n) is 1.42. The third-order valence-corrected chi connectivity index (χ3v) is 3.63. The van der Waals surface area contributed by atoms with Crippen LogP contribution < -0.4 is 4.18 Å². The van der Waals surface area contributed by atoms with Crippen molar-refractivity contribution in [2.75, 3.05) is 0 Å². The van der Waals surface area contributed by atoms with Gasteiger partial charge in [0.2, 0.25) is 0 Å². The van der Waals surface area contributed by atoms with E-state index in [-0.39, 0.29) is 16.4 Å². The van der Waals surface area contributed by atoms with E-state index in [1.165, 1.54) is 49.4 Å². The van der Waals surface area contributed by atoms with Crippen LogP contribution in [-0.4, -0.2) is 14.2 Å². The molecule has 0 unspecified atom stereocenters. The van der Waals surface area contributed by atoms with E-state index in [1.807, 2.05) is 0 Å². The predicted molar refractivity (Wildman–Crippen MR) is 79.1 cm³/mol. The molecule has 0 saturated heterocycles. The first-order valence-corrected chi connectivity index (χ1v) is 7.32. The molecule has 0 heterocycles. The molecule has 0 bridgehead atoms.